The second kappa shape index (κ2) is 8.65. The summed E-state index contributed by atoms with van der Waals surface area (Å²) in [5.74, 6) is -6.53. The molecule has 6 N–H and O–H groups in total. The Morgan fingerprint density at radius 2 is 0.853 bits per heavy atom. The van der Waals surface area contributed by atoms with Gasteiger partial charge in [-0.2, -0.15) is 0 Å². The number of nitrogens with zero attached hydrogens (tertiary/aromatic N) is 4. The monoisotopic (exact) mass is 464 g/mol. The van der Waals surface area contributed by atoms with Crippen LogP contribution in [0.4, 0.5) is 0 Å². The fraction of sp³-hybridized carbons (Fsp3) is 0.182. The second-order valence-electron chi connectivity index (χ2n) is 7.54. The van der Waals surface area contributed by atoms with Crippen molar-refractivity contribution in [2.24, 2.45) is 11.5 Å². The van der Waals surface area contributed by atoms with Crippen LogP contribution in [0.5, 0.6) is 0 Å². The topological polar surface area (TPSA) is 212 Å². The number of carboxylic acids is 2. The summed E-state index contributed by atoms with van der Waals surface area (Å²) in [5, 5.41) is 20.2. The van der Waals surface area contributed by atoms with Gasteiger partial charge in [-0.15, -0.1) is 0 Å². The van der Waals surface area contributed by atoms with Crippen LogP contribution in [-0.4, -0.2) is 53.9 Å². The number of carbonyl (C=O) groups is 4. The number of amides is 2. The second-order valence-corrected chi connectivity index (χ2v) is 7.54. The van der Waals surface area contributed by atoms with Crippen LogP contribution in [0.15, 0.2) is 12.1 Å². The van der Waals surface area contributed by atoms with Gasteiger partial charge in [-0.3, -0.25) is 9.59 Å². The number of rotatable bonds is 6. The molecule has 0 unspecified atom stereocenters. The molecule has 0 spiro atoms. The normalized spacial score (nSPS) is 10.7. The van der Waals surface area contributed by atoms with Crippen molar-refractivity contribution in [3.05, 3.63) is 57.2 Å². The molecular weight excluding hydrogens is 444 g/mol. The van der Waals surface area contributed by atoms with E-state index in [-0.39, 0.29) is 11.6 Å². The molecule has 2 heterocycles. The van der Waals surface area contributed by atoms with Crippen molar-refractivity contribution in [2.45, 2.75) is 27.7 Å². The van der Waals surface area contributed by atoms with E-state index in [1.807, 2.05) is 0 Å². The van der Waals surface area contributed by atoms with E-state index in [9.17, 15) is 29.4 Å². The number of hydrogen-bond donors (Lipinski definition) is 4. The van der Waals surface area contributed by atoms with E-state index in [4.69, 9.17) is 11.5 Å². The van der Waals surface area contributed by atoms with Gasteiger partial charge in [0.1, 0.15) is 0 Å². The summed E-state index contributed by atoms with van der Waals surface area (Å²) in [5.41, 5.74) is 8.67. The van der Waals surface area contributed by atoms with Gasteiger partial charge in [0.05, 0.1) is 22.3 Å². The van der Waals surface area contributed by atoms with Crippen LogP contribution in [0, 0.1) is 27.7 Å². The summed E-state index contributed by atoms with van der Waals surface area (Å²) in [4.78, 5) is 66.8. The Morgan fingerprint density at radius 3 is 1.09 bits per heavy atom. The average molecular weight is 464 g/mol. The molecule has 0 aliphatic rings. The third-order valence-corrected chi connectivity index (χ3v) is 4.83. The zero-order chi connectivity index (χ0) is 25.5. The number of nitrogens with two attached hydrogens (primary N) is 2. The van der Waals surface area contributed by atoms with Gasteiger partial charge in [0.25, 0.3) is 0 Å². The lowest BCUT2D eigenvalue weighted by Gasteiger charge is -2.20. The first-order valence-corrected chi connectivity index (χ1v) is 9.78. The van der Waals surface area contributed by atoms with Gasteiger partial charge in [-0.05, 0) is 39.8 Å². The van der Waals surface area contributed by atoms with Crippen molar-refractivity contribution in [3.8, 4) is 22.8 Å². The molecule has 0 aliphatic heterocycles. The van der Waals surface area contributed by atoms with E-state index in [1.54, 1.807) is 39.8 Å². The van der Waals surface area contributed by atoms with Crippen LogP contribution < -0.4 is 11.5 Å². The van der Waals surface area contributed by atoms with Crippen molar-refractivity contribution in [3.63, 3.8) is 0 Å². The fourth-order valence-electron chi connectivity index (χ4n) is 3.79. The molecule has 12 heteroatoms. The van der Waals surface area contributed by atoms with Crippen molar-refractivity contribution in [1.82, 2.24) is 19.9 Å². The Hall–Kier alpha value is -4.74. The molecule has 0 bridgehead atoms. The largest absolute Gasteiger partial charge is 0.478 e. The number of carboxylic acid groups (broad SMARTS) is 2. The summed E-state index contributed by atoms with van der Waals surface area (Å²) in [7, 11) is 0. The Kier molecular flexibility index (Phi) is 6.09. The van der Waals surface area contributed by atoms with Gasteiger partial charge in [0.15, 0.2) is 11.6 Å². The van der Waals surface area contributed by atoms with Crippen LogP contribution in [0.3, 0.4) is 0 Å². The first-order chi connectivity index (χ1) is 15.8. The highest BCUT2D eigenvalue weighted by Gasteiger charge is 2.37. The number of hydrogen-bond acceptors (Lipinski definition) is 8. The lowest BCUT2D eigenvalue weighted by molar-refractivity contribution is 0.0691. The standard InChI is InChI=1S/C22H20N6O6/c1-7-5-8(2)26-19(25-7)13-11(17(23)29)15(21(31)32)14(16(22(33)34)12(13)18(24)30)20-27-9(3)6-10(4)28-20/h5-6H,1-4H3,(H2,23,29)(H2,24,30)(H,31,32)(H,33,34). The van der Waals surface area contributed by atoms with Crippen LogP contribution in [0.1, 0.15) is 64.2 Å². The molecule has 2 amide bonds. The number of aromatic nitrogens is 4. The Morgan fingerprint density at radius 1 is 0.588 bits per heavy atom. The molecule has 12 nitrogen and oxygen atoms in total. The summed E-state index contributed by atoms with van der Waals surface area (Å²) in [6.07, 6.45) is 0. The smallest absolute Gasteiger partial charge is 0.337 e. The van der Waals surface area contributed by atoms with E-state index in [1.165, 1.54) is 0 Å². The minimum absolute atomic E-state index is 0.280. The molecule has 34 heavy (non-hydrogen) atoms. The zero-order valence-electron chi connectivity index (χ0n) is 18.6. The maximum Gasteiger partial charge on any atom is 0.337 e. The molecule has 3 rings (SSSR count). The molecule has 0 fully saturated rings. The molecule has 0 radical (unpaired) electrons. The minimum Gasteiger partial charge on any atom is -0.478 e. The summed E-state index contributed by atoms with van der Waals surface area (Å²) in [6, 6.07) is 3.16. The first-order valence-electron chi connectivity index (χ1n) is 9.78. The van der Waals surface area contributed by atoms with Gasteiger partial charge in [-0.1, -0.05) is 0 Å². The molecule has 0 saturated heterocycles. The molecular formula is C22H20N6O6. The molecule has 3 aromatic rings. The van der Waals surface area contributed by atoms with Crippen molar-refractivity contribution < 1.29 is 29.4 Å². The fourth-order valence-corrected chi connectivity index (χ4v) is 3.79. The Balaban J connectivity index is 2.76. The number of primary amides is 2. The maximum absolute atomic E-state index is 12.6. The molecule has 0 aliphatic carbocycles. The van der Waals surface area contributed by atoms with E-state index in [0.29, 0.717) is 22.8 Å². The van der Waals surface area contributed by atoms with Crippen molar-refractivity contribution in [2.75, 3.05) is 0 Å². The third-order valence-electron chi connectivity index (χ3n) is 4.83. The van der Waals surface area contributed by atoms with Crippen molar-refractivity contribution >= 4 is 23.8 Å². The van der Waals surface area contributed by atoms with Crippen molar-refractivity contribution in [1.29, 1.82) is 0 Å². The first kappa shape index (κ1) is 23.9. The highest BCUT2D eigenvalue weighted by atomic mass is 16.4. The molecule has 2 aromatic heterocycles. The molecule has 174 valence electrons. The quantitative estimate of drug-likeness (QED) is 0.412. The van der Waals surface area contributed by atoms with E-state index in [2.05, 4.69) is 19.9 Å². The lowest BCUT2D eigenvalue weighted by atomic mass is 9.84. The predicted molar refractivity (Wildman–Crippen MR) is 118 cm³/mol. The van der Waals surface area contributed by atoms with E-state index in [0.717, 1.165) is 0 Å². The Bertz CT molecular complexity index is 1220. The van der Waals surface area contributed by atoms with Gasteiger partial charge >= 0.3 is 11.9 Å². The van der Waals surface area contributed by atoms with Gasteiger partial charge < -0.3 is 21.7 Å². The van der Waals surface area contributed by atoms with Crippen LogP contribution >= 0.6 is 0 Å². The van der Waals surface area contributed by atoms with Crippen LogP contribution in [-0.2, 0) is 0 Å². The number of aromatic carboxylic acids is 2. The van der Waals surface area contributed by atoms with Gasteiger partial charge in [0.2, 0.25) is 11.8 Å². The van der Waals surface area contributed by atoms with E-state index < -0.39 is 57.1 Å². The Labute approximate surface area is 192 Å². The highest BCUT2D eigenvalue weighted by Crippen LogP contribution is 2.39. The molecule has 1 aromatic carbocycles. The summed E-state index contributed by atoms with van der Waals surface area (Å²) < 4.78 is 0. The summed E-state index contributed by atoms with van der Waals surface area (Å²) in [6.45, 7) is 6.36. The lowest BCUT2D eigenvalue weighted by Crippen LogP contribution is -2.27. The van der Waals surface area contributed by atoms with Crippen LogP contribution in [0.25, 0.3) is 22.8 Å². The molecule has 0 saturated carbocycles. The average Bonchev–Trinajstić information content (AvgIpc) is 2.69. The van der Waals surface area contributed by atoms with Crippen LogP contribution in [0.2, 0.25) is 0 Å². The summed E-state index contributed by atoms with van der Waals surface area (Å²) >= 11 is 0. The number of carbonyl (C=O) groups excluding carboxylic acids is 2. The predicted octanol–water partition coefficient (Wildman–Crippen LogP) is 1.43. The minimum atomic E-state index is -1.70. The number of aryl methyl sites for hydroxylation is 4. The highest BCUT2D eigenvalue weighted by molar-refractivity contribution is 6.21. The zero-order valence-corrected chi connectivity index (χ0v) is 18.6. The SMILES string of the molecule is Cc1cc(C)nc(-c2c(C(N)=O)c(C(=O)O)c(-c3nc(C)cc(C)n3)c(C(=O)O)c2C(N)=O)n1. The maximum atomic E-state index is 12.6. The van der Waals surface area contributed by atoms with Gasteiger partial charge in [0, 0.05) is 33.9 Å². The van der Waals surface area contributed by atoms with E-state index >= 15 is 0 Å². The third kappa shape index (κ3) is 4.16. The van der Waals surface area contributed by atoms with Gasteiger partial charge in [-0.25, -0.2) is 29.5 Å². The number of benzene rings is 1. The molecule has 0 atom stereocenters.